The average molecular weight is 345 g/mol. The zero-order valence-electron chi connectivity index (χ0n) is 13.2. The summed E-state index contributed by atoms with van der Waals surface area (Å²) in [5.41, 5.74) is 1.94. The Morgan fingerprint density at radius 3 is 2.95 bits per heavy atom. The lowest BCUT2D eigenvalue weighted by atomic mass is 10.1. The fourth-order valence-electron chi connectivity index (χ4n) is 2.25. The number of nitrogens with one attached hydrogen (secondary N) is 1. The quantitative estimate of drug-likeness (QED) is 0.805. The fourth-order valence-corrected chi connectivity index (χ4v) is 4.94. The van der Waals surface area contributed by atoms with E-state index in [-0.39, 0.29) is 12.1 Å². The van der Waals surface area contributed by atoms with Gasteiger partial charge in [0, 0.05) is 6.61 Å². The molecule has 22 heavy (non-hydrogen) atoms. The van der Waals surface area contributed by atoms with E-state index in [9.17, 15) is 8.42 Å². The Balaban J connectivity index is 2.05. The summed E-state index contributed by atoms with van der Waals surface area (Å²) in [5.74, 6) is 0. The molecule has 0 radical (unpaired) electrons. The Bertz CT molecular complexity index is 617. The SMILES string of the molecule is CC(C)=CCO[C@H]1CCOC[C@H]1NS(=O)(=O)c1sccc1C. The average Bonchev–Trinajstić information content (AvgIpc) is 2.87. The lowest BCUT2D eigenvalue weighted by Crippen LogP contribution is -2.50. The molecular weight excluding hydrogens is 322 g/mol. The third kappa shape index (κ3) is 4.63. The lowest BCUT2D eigenvalue weighted by Gasteiger charge is -2.31. The van der Waals surface area contributed by atoms with Gasteiger partial charge in [0.2, 0.25) is 0 Å². The highest BCUT2D eigenvalue weighted by atomic mass is 32.2. The zero-order chi connectivity index (χ0) is 16.2. The molecule has 1 aliphatic rings. The van der Waals surface area contributed by atoms with Crippen molar-refractivity contribution < 1.29 is 17.9 Å². The van der Waals surface area contributed by atoms with Crippen molar-refractivity contribution in [3.8, 4) is 0 Å². The van der Waals surface area contributed by atoms with Crippen LogP contribution in [0.4, 0.5) is 0 Å². The Morgan fingerprint density at radius 1 is 1.55 bits per heavy atom. The standard InChI is InChI=1S/C15H23NO4S2/c1-11(2)4-8-20-14-5-7-19-10-13(14)16-22(17,18)15-12(3)6-9-21-15/h4,6,9,13-14,16H,5,7-8,10H2,1-3H3/t13-,14+/m1/s1. The van der Waals surface area contributed by atoms with Gasteiger partial charge in [-0.2, -0.15) is 0 Å². The molecule has 2 rings (SSSR count). The monoisotopic (exact) mass is 345 g/mol. The molecule has 0 unspecified atom stereocenters. The van der Waals surface area contributed by atoms with Crippen molar-refractivity contribution in [2.75, 3.05) is 19.8 Å². The first kappa shape index (κ1) is 17.6. The second kappa shape index (κ2) is 7.70. The van der Waals surface area contributed by atoms with Gasteiger partial charge in [0.15, 0.2) is 0 Å². The number of aryl methyl sites for hydroxylation is 1. The molecule has 0 bridgehead atoms. The van der Waals surface area contributed by atoms with Gasteiger partial charge < -0.3 is 9.47 Å². The highest BCUT2D eigenvalue weighted by Gasteiger charge is 2.31. The molecule has 0 spiro atoms. The Hall–Kier alpha value is -0.730. The van der Waals surface area contributed by atoms with Gasteiger partial charge in [-0.3, -0.25) is 0 Å². The third-order valence-corrected chi connectivity index (χ3v) is 6.64. The van der Waals surface area contributed by atoms with E-state index in [1.807, 2.05) is 19.9 Å². The van der Waals surface area contributed by atoms with Crippen LogP contribution in [0.15, 0.2) is 27.3 Å². The molecule has 7 heteroatoms. The minimum Gasteiger partial charge on any atom is -0.380 e. The molecule has 1 aliphatic heterocycles. The van der Waals surface area contributed by atoms with Gasteiger partial charge in [-0.05, 0) is 44.2 Å². The molecule has 1 aromatic rings. The topological polar surface area (TPSA) is 64.6 Å². The molecule has 1 saturated heterocycles. The number of rotatable bonds is 6. The lowest BCUT2D eigenvalue weighted by molar-refractivity contribution is -0.0418. The van der Waals surface area contributed by atoms with Crippen LogP contribution in [0.25, 0.3) is 0 Å². The first-order valence-corrected chi connectivity index (χ1v) is 9.65. The molecule has 0 amide bonds. The summed E-state index contributed by atoms with van der Waals surface area (Å²) in [7, 11) is -3.53. The summed E-state index contributed by atoms with van der Waals surface area (Å²) in [6, 6.07) is 1.45. The summed E-state index contributed by atoms with van der Waals surface area (Å²) in [5, 5.41) is 1.78. The minimum absolute atomic E-state index is 0.167. The van der Waals surface area contributed by atoms with Crippen molar-refractivity contribution in [3.63, 3.8) is 0 Å². The van der Waals surface area contributed by atoms with Gasteiger partial charge in [-0.1, -0.05) is 11.6 Å². The smallest absolute Gasteiger partial charge is 0.250 e. The second-order valence-corrected chi connectivity index (χ2v) is 8.46. The van der Waals surface area contributed by atoms with E-state index in [1.165, 1.54) is 16.9 Å². The molecule has 124 valence electrons. The van der Waals surface area contributed by atoms with Crippen molar-refractivity contribution in [1.29, 1.82) is 0 Å². The largest absolute Gasteiger partial charge is 0.380 e. The van der Waals surface area contributed by atoms with E-state index in [0.717, 1.165) is 5.56 Å². The maximum atomic E-state index is 12.5. The van der Waals surface area contributed by atoms with Crippen molar-refractivity contribution in [3.05, 3.63) is 28.7 Å². The molecule has 1 aromatic heterocycles. The van der Waals surface area contributed by atoms with E-state index in [0.29, 0.717) is 30.5 Å². The number of thiophene rings is 1. The molecule has 1 fully saturated rings. The molecule has 2 heterocycles. The highest BCUT2D eigenvalue weighted by Crippen LogP contribution is 2.23. The molecular formula is C15H23NO4S2. The van der Waals surface area contributed by atoms with E-state index in [1.54, 1.807) is 18.4 Å². The van der Waals surface area contributed by atoms with Crippen molar-refractivity contribution in [1.82, 2.24) is 4.72 Å². The van der Waals surface area contributed by atoms with Crippen LogP contribution in [-0.4, -0.2) is 40.4 Å². The fraction of sp³-hybridized carbons (Fsp3) is 0.600. The van der Waals surface area contributed by atoms with Crippen LogP contribution in [-0.2, 0) is 19.5 Å². The van der Waals surface area contributed by atoms with Gasteiger partial charge in [-0.25, -0.2) is 13.1 Å². The van der Waals surface area contributed by atoms with Gasteiger partial charge in [0.25, 0.3) is 10.0 Å². The van der Waals surface area contributed by atoms with E-state index >= 15 is 0 Å². The molecule has 0 aliphatic carbocycles. The van der Waals surface area contributed by atoms with Crippen LogP contribution in [0.2, 0.25) is 0 Å². The predicted octanol–water partition coefficient (Wildman–Crippen LogP) is 2.48. The first-order chi connectivity index (χ1) is 10.4. The number of hydrogen-bond donors (Lipinski definition) is 1. The highest BCUT2D eigenvalue weighted by molar-refractivity contribution is 7.91. The van der Waals surface area contributed by atoms with Crippen LogP contribution in [0.5, 0.6) is 0 Å². The van der Waals surface area contributed by atoms with E-state index in [2.05, 4.69) is 4.72 Å². The van der Waals surface area contributed by atoms with E-state index in [4.69, 9.17) is 9.47 Å². The molecule has 0 saturated carbocycles. The number of ether oxygens (including phenoxy) is 2. The van der Waals surface area contributed by atoms with Crippen molar-refractivity contribution >= 4 is 21.4 Å². The van der Waals surface area contributed by atoms with Crippen LogP contribution < -0.4 is 4.72 Å². The molecule has 0 aromatic carbocycles. The van der Waals surface area contributed by atoms with Crippen LogP contribution >= 0.6 is 11.3 Å². The summed E-state index contributed by atoms with van der Waals surface area (Å²) in [6.45, 7) is 7.23. The summed E-state index contributed by atoms with van der Waals surface area (Å²) >= 11 is 1.23. The van der Waals surface area contributed by atoms with Gasteiger partial charge in [0.1, 0.15) is 4.21 Å². The Morgan fingerprint density at radius 2 is 2.32 bits per heavy atom. The summed E-state index contributed by atoms with van der Waals surface area (Å²) in [4.78, 5) is 0. The number of allylic oxidation sites excluding steroid dienone is 1. The molecule has 2 atom stereocenters. The van der Waals surface area contributed by atoms with Gasteiger partial charge >= 0.3 is 0 Å². The van der Waals surface area contributed by atoms with Gasteiger partial charge in [0.05, 0.1) is 25.4 Å². The van der Waals surface area contributed by atoms with Crippen molar-refractivity contribution in [2.45, 2.75) is 43.5 Å². The van der Waals surface area contributed by atoms with Crippen molar-refractivity contribution in [2.24, 2.45) is 0 Å². The first-order valence-electron chi connectivity index (χ1n) is 7.29. The number of sulfonamides is 1. The molecule has 1 N–H and O–H groups in total. The minimum atomic E-state index is -3.53. The van der Waals surface area contributed by atoms with Gasteiger partial charge in [-0.15, -0.1) is 11.3 Å². The molecule has 5 nitrogen and oxygen atoms in total. The summed E-state index contributed by atoms with van der Waals surface area (Å²) in [6.07, 6.45) is 2.51. The Kier molecular flexibility index (Phi) is 6.17. The Labute approximate surface area is 136 Å². The summed E-state index contributed by atoms with van der Waals surface area (Å²) < 4.78 is 39.3. The van der Waals surface area contributed by atoms with Crippen LogP contribution in [0.1, 0.15) is 25.8 Å². The second-order valence-electron chi connectivity index (χ2n) is 5.64. The van der Waals surface area contributed by atoms with E-state index < -0.39 is 10.0 Å². The normalized spacial score (nSPS) is 22.5. The number of hydrogen-bond acceptors (Lipinski definition) is 5. The maximum absolute atomic E-state index is 12.5. The maximum Gasteiger partial charge on any atom is 0.250 e. The van der Waals surface area contributed by atoms with Crippen LogP contribution in [0, 0.1) is 6.92 Å². The predicted molar refractivity (Wildman–Crippen MR) is 87.8 cm³/mol. The third-order valence-electron chi connectivity index (χ3n) is 3.46. The van der Waals surface area contributed by atoms with Crippen LogP contribution in [0.3, 0.4) is 0 Å². The zero-order valence-corrected chi connectivity index (χ0v) is 14.8.